The van der Waals surface area contributed by atoms with E-state index in [1.807, 2.05) is 0 Å². The van der Waals surface area contributed by atoms with E-state index >= 15 is 0 Å². The summed E-state index contributed by atoms with van der Waals surface area (Å²) in [5.74, 6) is 0.726. The minimum Gasteiger partial charge on any atom is -0.497 e. The fourth-order valence-electron chi connectivity index (χ4n) is 3.02. The fraction of sp³-hybridized carbons (Fsp3) is 0.474. The molecule has 1 atom stereocenters. The van der Waals surface area contributed by atoms with Gasteiger partial charge in [0.25, 0.3) is 0 Å². The number of nitrogens with zero attached hydrogens (tertiary/aromatic N) is 3. The fourth-order valence-corrected chi connectivity index (χ4v) is 4.22. The van der Waals surface area contributed by atoms with Gasteiger partial charge in [0.05, 0.1) is 18.6 Å². The van der Waals surface area contributed by atoms with Crippen LogP contribution >= 0.6 is 0 Å². The van der Waals surface area contributed by atoms with Gasteiger partial charge in [-0.05, 0) is 31.2 Å². The lowest BCUT2D eigenvalue weighted by atomic mass is 10.2. The highest BCUT2D eigenvalue weighted by Crippen LogP contribution is 2.20. The molecule has 1 N–H and O–H groups in total. The van der Waals surface area contributed by atoms with E-state index in [2.05, 4.69) is 15.5 Å². The first kappa shape index (κ1) is 21.8. The maximum Gasteiger partial charge on any atom is 0.244 e. The first-order valence-electron chi connectivity index (χ1n) is 9.53. The van der Waals surface area contributed by atoms with Crippen LogP contribution < -0.4 is 10.1 Å². The zero-order valence-corrected chi connectivity index (χ0v) is 17.6. The van der Waals surface area contributed by atoms with E-state index < -0.39 is 15.9 Å². The van der Waals surface area contributed by atoms with E-state index in [-0.39, 0.29) is 49.3 Å². The molecule has 2 aromatic rings. The molecule has 162 valence electrons. The quantitative estimate of drug-likeness (QED) is 0.661. The van der Waals surface area contributed by atoms with E-state index in [1.165, 1.54) is 4.90 Å². The van der Waals surface area contributed by atoms with Crippen molar-refractivity contribution < 1.29 is 27.3 Å². The molecule has 11 heteroatoms. The van der Waals surface area contributed by atoms with Crippen molar-refractivity contribution >= 4 is 21.7 Å². The van der Waals surface area contributed by atoms with Crippen LogP contribution in [0.1, 0.15) is 19.2 Å². The lowest BCUT2D eigenvalue weighted by Crippen LogP contribution is -2.51. The van der Waals surface area contributed by atoms with Crippen molar-refractivity contribution in [1.29, 1.82) is 0 Å². The molecule has 2 heterocycles. The second-order valence-corrected chi connectivity index (χ2v) is 9.31. The van der Waals surface area contributed by atoms with Crippen LogP contribution in [0.3, 0.4) is 0 Å². The number of aromatic nitrogens is 2. The van der Waals surface area contributed by atoms with Crippen LogP contribution in [0, 0.1) is 0 Å². The molecule has 0 radical (unpaired) electrons. The second-order valence-electron chi connectivity index (χ2n) is 7.01. The molecule has 1 aliphatic rings. The number of carbonyl (C=O) groups excluding carboxylic acids is 2. The van der Waals surface area contributed by atoms with Crippen molar-refractivity contribution in [3.8, 4) is 17.1 Å². The summed E-state index contributed by atoms with van der Waals surface area (Å²) in [4.78, 5) is 30.3. The minimum atomic E-state index is -3.07. The number of amides is 2. The molecular formula is C19H24N4O6S. The number of benzene rings is 1. The second kappa shape index (κ2) is 9.24. The van der Waals surface area contributed by atoms with Gasteiger partial charge >= 0.3 is 0 Å². The molecule has 0 spiro atoms. The van der Waals surface area contributed by atoms with Crippen LogP contribution in [-0.4, -0.2) is 73.0 Å². The van der Waals surface area contributed by atoms with Crippen molar-refractivity contribution in [2.75, 3.05) is 31.7 Å². The zero-order chi connectivity index (χ0) is 21.7. The number of sulfone groups is 1. The van der Waals surface area contributed by atoms with Gasteiger partial charge in [0.15, 0.2) is 9.84 Å². The summed E-state index contributed by atoms with van der Waals surface area (Å²) in [6.45, 7) is 1.88. The first-order valence-corrected chi connectivity index (χ1v) is 11.3. The van der Waals surface area contributed by atoms with Crippen LogP contribution in [0.4, 0.5) is 0 Å². The van der Waals surface area contributed by atoms with Crippen molar-refractivity contribution in [2.24, 2.45) is 0 Å². The van der Waals surface area contributed by atoms with Crippen LogP contribution in [0.5, 0.6) is 5.75 Å². The number of hydrogen-bond donors (Lipinski definition) is 1. The van der Waals surface area contributed by atoms with Crippen LogP contribution in [0.2, 0.25) is 0 Å². The van der Waals surface area contributed by atoms with E-state index in [9.17, 15) is 18.0 Å². The van der Waals surface area contributed by atoms with Crippen molar-refractivity contribution in [3.63, 3.8) is 0 Å². The van der Waals surface area contributed by atoms with Gasteiger partial charge in [-0.2, -0.15) is 4.98 Å². The Kier molecular flexibility index (Phi) is 6.70. The Morgan fingerprint density at radius 3 is 2.53 bits per heavy atom. The average Bonchev–Trinajstić information content (AvgIpc) is 3.21. The Morgan fingerprint density at radius 2 is 1.90 bits per heavy atom. The van der Waals surface area contributed by atoms with Crippen LogP contribution in [-0.2, 0) is 25.8 Å². The summed E-state index contributed by atoms with van der Waals surface area (Å²) in [5, 5.41) is 6.55. The van der Waals surface area contributed by atoms with Crippen LogP contribution in [0.25, 0.3) is 11.4 Å². The molecule has 10 nitrogen and oxygen atoms in total. The van der Waals surface area contributed by atoms with Crippen molar-refractivity contribution in [1.82, 2.24) is 20.4 Å². The predicted octanol–water partition coefficient (Wildman–Crippen LogP) is 0.440. The van der Waals surface area contributed by atoms with Gasteiger partial charge in [-0.25, -0.2) is 8.42 Å². The number of methoxy groups -OCH3 is 1. The SMILES string of the molecule is COc1ccc(-c2noc(CCC(=O)NC(C)C(=O)N3CCS(=O)(=O)CC3)n2)cc1. The number of rotatable bonds is 7. The predicted molar refractivity (Wildman–Crippen MR) is 107 cm³/mol. The molecule has 2 amide bonds. The molecule has 1 fully saturated rings. The number of ether oxygens (including phenoxy) is 1. The summed E-state index contributed by atoms with van der Waals surface area (Å²) in [6.07, 6.45) is 0.314. The number of aryl methyl sites for hydroxylation is 1. The van der Waals surface area contributed by atoms with Gasteiger partial charge in [-0.1, -0.05) is 5.16 Å². The highest BCUT2D eigenvalue weighted by Gasteiger charge is 2.28. The van der Waals surface area contributed by atoms with E-state index in [0.717, 1.165) is 5.56 Å². The topological polar surface area (TPSA) is 132 Å². The third-order valence-corrected chi connectivity index (χ3v) is 6.40. The molecule has 0 saturated carbocycles. The Morgan fingerprint density at radius 1 is 1.23 bits per heavy atom. The Balaban J connectivity index is 1.47. The average molecular weight is 436 g/mol. The summed E-state index contributed by atoms with van der Waals surface area (Å²) in [5.41, 5.74) is 0.762. The smallest absolute Gasteiger partial charge is 0.244 e. The Hall–Kier alpha value is -2.95. The maximum absolute atomic E-state index is 12.4. The highest BCUT2D eigenvalue weighted by atomic mass is 32.2. The van der Waals surface area contributed by atoms with Gasteiger partial charge in [-0.3, -0.25) is 9.59 Å². The Bertz CT molecular complexity index is 988. The van der Waals surface area contributed by atoms with Gasteiger partial charge in [0.2, 0.25) is 23.5 Å². The number of carbonyl (C=O) groups is 2. The lowest BCUT2D eigenvalue weighted by Gasteiger charge is -2.29. The zero-order valence-electron chi connectivity index (χ0n) is 16.8. The van der Waals surface area contributed by atoms with Gasteiger partial charge in [-0.15, -0.1) is 0 Å². The highest BCUT2D eigenvalue weighted by molar-refractivity contribution is 7.91. The minimum absolute atomic E-state index is 0.0485. The molecule has 0 aliphatic carbocycles. The summed E-state index contributed by atoms with van der Waals surface area (Å²) in [7, 11) is -1.49. The van der Waals surface area contributed by atoms with E-state index in [1.54, 1.807) is 38.3 Å². The molecule has 3 rings (SSSR count). The van der Waals surface area contributed by atoms with Gasteiger partial charge in [0.1, 0.15) is 11.8 Å². The van der Waals surface area contributed by atoms with E-state index in [4.69, 9.17) is 9.26 Å². The first-order chi connectivity index (χ1) is 14.3. The normalized spacial score (nSPS) is 16.7. The van der Waals surface area contributed by atoms with Crippen LogP contribution in [0.15, 0.2) is 28.8 Å². The molecule has 1 unspecified atom stereocenters. The standard InChI is InChI=1S/C19H24N4O6S/c1-13(19(25)23-9-11-30(26,27)12-10-23)20-16(24)7-8-17-21-18(22-29-17)14-3-5-15(28-2)6-4-14/h3-6,13H,7-12H2,1-2H3,(H,20,24). The largest absolute Gasteiger partial charge is 0.497 e. The molecule has 1 saturated heterocycles. The monoisotopic (exact) mass is 436 g/mol. The molecule has 30 heavy (non-hydrogen) atoms. The molecular weight excluding hydrogens is 412 g/mol. The third kappa shape index (κ3) is 5.56. The lowest BCUT2D eigenvalue weighted by molar-refractivity contribution is -0.135. The summed E-state index contributed by atoms with van der Waals surface area (Å²) < 4.78 is 33.2. The van der Waals surface area contributed by atoms with Crippen molar-refractivity contribution in [3.05, 3.63) is 30.2 Å². The molecule has 1 aromatic carbocycles. The van der Waals surface area contributed by atoms with Gasteiger partial charge < -0.3 is 19.5 Å². The number of nitrogens with one attached hydrogen (secondary N) is 1. The molecule has 1 aliphatic heterocycles. The summed E-state index contributed by atoms with van der Waals surface area (Å²) in [6, 6.07) is 6.44. The summed E-state index contributed by atoms with van der Waals surface area (Å²) >= 11 is 0. The van der Waals surface area contributed by atoms with Crippen molar-refractivity contribution in [2.45, 2.75) is 25.8 Å². The third-order valence-electron chi connectivity index (χ3n) is 4.79. The van der Waals surface area contributed by atoms with Gasteiger partial charge in [0, 0.05) is 31.5 Å². The molecule has 1 aromatic heterocycles. The maximum atomic E-state index is 12.4. The Labute approximate surface area is 174 Å². The molecule has 0 bridgehead atoms. The van der Waals surface area contributed by atoms with E-state index in [0.29, 0.717) is 17.5 Å². The number of hydrogen-bond acceptors (Lipinski definition) is 8.